The van der Waals surface area contributed by atoms with Crippen molar-refractivity contribution in [3.63, 3.8) is 0 Å². The zero-order valence-electron chi connectivity index (χ0n) is 11.7. The van der Waals surface area contributed by atoms with Crippen LogP contribution in [0.5, 0.6) is 0 Å². The molecule has 3 nitrogen and oxygen atoms in total. The topological polar surface area (TPSA) is 38.5 Å². The molecule has 0 spiro atoms. The Morgan fingerprint density at radius 1 is 1.53 bits per heavy atom. The molecule has 0 bridgehead atoms. The second-order valence-electron chi connectivity index (χ2n) is 5.24. The molecular formula is C15H23ClN2O. The van der Waals surface area contributed by atoms with Gasteiger partial charge in [-0.15, -0.1) is 0 Å². The van der Waals surface area contributed by atoms with Crippen LogP contribution < -0.4 is 10.6 Å². The molecule has 1 saturated heterocycles. The highest BCUT2D eigenvalue weighted by Crippen LogP contribution is 2.29. The predicted octanol–water partition coefficient (Wildman–Crippen LogP) is 2.84. The van der Waals surface area contributed by atoms with Gasteiger partial charge in [0.1, 0.15) is 0 Å². The Kier molecular flexibility index (Phi) is 5.08. The molecule has 1 fully saturated rings. The largest absolute Gasteiger partial charge is 0.380 e. The van der Waals surface area contributed by atoms with Crippen LogP contribution in [0.2, 0.25) is 5.02 Å². The fraction of sp³-hybridized carbons (Fsp3) is 0.600. The Morgan fingerprint density at radius 2 is 2.32 bits per heavy atom. The summed E-state index contributed by atoms with van der Waals surface area (Å²) in [7, 11) is 1.78. The smallest absolute Gasteiger partial charge is 0.0762 e. The molecule has 2 N–H and O–H groups in total. The summed E-state index contributed by atoms with van der Waals surface area (Å²) in [4.78, 5) is 2.36. The minimum Gasteiger partial charge on any atom is -0.380 e. The molecule has 0 aliphatic carbocycles. The summed E-state index contributed by atoms with van der Waals surface area (Å²) in [6, 6.07) is 6.32. The molecule has 19 heavy (non-hydrogen) atoms. The van der Waals surface area contributed by atoms with Crippen LogP contribution in [-0.2, 0) is 11.2 Å². The zero-order valence-corrected chi connectivity index (χ0v) is 12.5. The van der Waals surface area contributed by atoms with Crippen molar-refractivity contribution in [3.8, 4) is 0 Å². The third-order valence-electron chi connectivity index (χ3n) is 3.87. The maximum Gasteiger partial charge on any atom is 0.0762 e. The molecule has 1 aromatic carbocycles. The van der Waals surface area contributed by atoms with E-state index in [2.05, 4.69) is 24.0 Å². The Morgan fingerprint density at radius 3 is 2.95 bits per heavy atom. The fourth-order valence-corrected chi connectivity index (χ4v) is 2.74. The Hall–Kier alpha value is -0.770. The summed E-state index contributed by atoms with van der Waals surface area (Å²) in [6.45, 7) is 4.08. The van der Waals surface area contributed by atoms with Crippen molar-refractivity contribution in [1.82, 2.24) is 0 Å². The van der Waals surface area contributed by atoms with Crippen LogP contribution in [0.1, 0.15) is 25.3 Å². The molecular weight excluding hydrogens is 260 g/mol. The number of rotatable bonds is 5. The molecule has 2 atom stereocenters. The number of hydrogen-bond acceptors (Lipinski definition) is 3. The lowest BCUT2D eigenvalue weighted by Crippen LogP contribution is -2.26. The van der Waals surface area contributed by atoms with Crippen molar-refractivity contribution in [3.05, 3.63) is 28.8 Å². The number of benzene rings is 1. The van der Waals surface area contributed by atoms with E-state index in [0.29, 0.717) is 6.10 Å². The summed E-state index contributed by atoms with van der Waals surface area (Å²) in [6.07, 6.45) is 3.29. The van der Waals surface area contributed by atoms with Gasteiger partial charge in [0.05, 0.1) is 6.10 Å². The first-order valence-electron chi connectivity index (χ1n) is 6.95. The number of nitrogens with zero attached hydrogens (tertiary/aromatic N) is 1. The third-order valence-corrected chi connectivity index (χ3v) is 4.11. The van der Waals surface area contributed by atoms with Gasteiger partial charge in [0.25, 0.3) is 0 Å². The quantitative estimate of drug-likeness (QED) is 0.902. The molecule has 2 rings (SSSR count). The molecule has 0 aromatic heterocycles. The van der Waals surface area contributed by atoms with Gasteiger partial charge in [0.2, 0.25) is 0 Å². The van der Waals surface area contributed by atoms with Crippen LogP contribution in [0.15, 0.2) is 18.2 Å². The van der Waals surface area contributed by atoms with E-state index in [9.17, 15) is 0 Å². The van der Waals surface area contributed by atoms with Gasteiger partial charge in [-0.05, 0) is 37.0 Å². The third kappa shape index (κ3) is 3.62. The van der Waals surface area contributed by atoms with Gasteiger partial charge in [0.15, 0.2) is 0 Å². The summed E-state index contributed by atoms with van der Waals surface area (Å²) in [5, 5.41) is 0.782. The van der Waals surface area contributed by atoms with Gasteiger partial charge in [0, 0.05) is 37.0 Å². The first kappa shape index (κ1) is 14.6. The van der Waals surface area contributed by atoms with Crippen LogP contribution in [0.3, 0.4) is 0 Å². The van der Waals surface area contributed by atoms with E-state index in [0.717, 1.165) is 37.4 Å². The number of nitrogens with two attached hydrogens (primary N) is 1. The second-order valence-corrected chi connectivity index (χ2v) is 5.67. The lowest BCUT2D eigenvalue weighted by Gasteiger charge is -2.23. The summed E-state index contributed by atoms with van der Waals surface area (Å²) < 4.78 is 5.44. The minimum atomic E-state index is 0.209. The van der Waals surface area contributed by atoms with E-state index in [-0.39, 0.29) is 6.04 Å². The zero-order chi connectivity index (χ0) is 13.8. The van der Waals surface area contributed by atoms with E-state index in [1.165, 1.54) is 11.3 Å². The lowest BCUT2D eigenvalue weighted by molar-refractivity contribution is 0.121. The molecule has 4 heteroatoms. The monoisotopic (exact) mass is 282 g/mol. The molecule has 1 aromatic rings. The van der Waals surface area contributed by atoms with Crippen molar-refractivity contribution < 1.29 is 4.74 Å². The summed E-state index contributed by atoms with van der Waals surface area (Å²) in [5.74, 6) is 0. The van der Waals surface area contributed by atoms with Crippen molar-refractivity contribution in [2.45, 2.75) is 38.3 Å². The predicted molar refractivity (Wildman–Crippen MR) is 81.0 cm³/mol. The molecule has 2 unspecified atom stereocenters. The molecule has 0 saturated carbocycles. The van der Waals surface area contributed by atoms with Crippen molar-refractivity contribution in [2.75, 3.05) is 25.1 Å². The molecule has 0 radical (unpaired) electrons. The highest BCUT2D eigenvalue weighted by molar-refractivity contribution is 6.30. The number of ether oxygens (including phenoxy) is 1. The highest BCUT2D eigenvalue weighted by Gasteiger charge is 2.24. The van der Waals surface area contributed by atoms with E-state index in [1.54, 1.807) is 7.11 Å². The first-order valence-corrected chi connectivity index (χ1v) is 7.33. The molecule has 1 heterocycles. The van der Waals surface area contributed by atoms with Crippen molar-refractivity contribution in [1.29, 1.82) is 0 Å². The lowest BCUT2D eigenvalue weighted by atomic mass is 10.0. The van der Waals surface area contributed by atoms with Gasteiger partial charge in [-0.3, -0.25) is 0 Å². The minimum absolute atomic E-state index is 0.209. The summed E-state index contributed by atoms with van der Waals surface area (Å²) in [5.41, 5.74) is 8.59. The van der Waals surface area contributed by atoms with Gasteiger partial charge >= 0.3 is 0 Å². The number of methoxy groups -OCH3 is 1. The average Bonchev–Trinajstić information content (AvgIpc) is 2.89. The SMILES string of the molecule is CCC(N)Cc1ccc(Cl)cc1N1CCC(OC)C1. The highest BCUT2D eigenvalue weighted by atomic mass is 35.5. The fourth-order valence-electron chi connectivity index (χ4n) is 2.57. The first-order chi connectivity index (χ1) is 9.13. The number of halogens is 1. The average molecular weight is 283 g/mol. The van der Waals surface area contributed by atoms with E-state index in [1.807, 2.05) is 6.07 Å². The van der Waals surface area contributed by atoms with Gasteiger partial charge < -0.3 is 15.4 Å². The molecule has 106 valence electrons. The van der Waals surface area contributed by atoms with Gasteiger partial charge in [-0.2, -0.15) is 0 Å². The van der Waals surface area contributed by atoms with Crippen LogP contribution >= 0.6 is 11.6 Å². The van der Waals surface area contributed by atoms with Crippen molar-refractivity contribution in [2.24, 2.45) is 5.73 Å². The molecule has 1 aliphatic heterocycles. The van der Waals surface area contributed by atoms with E-state index >= 15 is 0 Å². The van der Waals surface area contributed by atoms with Crippen molar-refractivity contribution >= 4 is 17.3 Å². The van der Waals surface area contributed by atoms with E-state index < -0.39 is 0 Å². The maximum atomic E-state index is 6.15. The molecule has 1 aliphatic rings. The summed E-state index contributed by atoms with van der Waals surface area (Å²) >= 11 is 6.15. The van der Waals surface area contributed by atoms with Crippen LogP contribution in [0.4, 0.5) is 5.69 Å². The molecule has 0 amide bonds. The standard InChI is InChI=1S/C15H23ClN2O/c1-3-13(17)8-11-4-5-12(16)9-15(11)18-7-6-14(10-18)19-2/h4-5,9,13-14H,3,6-8,10,17H2,1-2H3. The van der Waals surface area contributed by atoms with Gasteiger partial charge in [-0.25, -0.2) is 0 Å². The Bertz CT molecular complexity index is 425. The van der Waals surface area contributed by atoms with Gasteiger partial charge in [-0.1, -0.05) is 24.6 Å². The number of anilines is 1. The van der Waals surface area contributed by atoms with E-state index in [4.69, 9.17) is 22.1 Å². The van der Waals surface area contributed by atoms with Crippen LogP contribution in [0.25, 0.3) is 0 Å². The normalized spacial score (nSPS) is 20.8. The Labute approximate surface area is 120 Å². The Balaban J connectivity index is 2.20. The second kappa shape index (κ2) is 6.60. The van der Waals surface area contributed by atoms with Crippen LogP contribution in [-0.4, -0.2) is 32.3 Å². The van der Waals surface area contributed by atoms with Crippen LogP contribution in [0, 0.1) is 0 Å². The maximum absolute atomic E-state index is 6.15. The number of hydrogen-bond donors (Lipinski definition) is 1.